The molecule has 3 heteroatoms. The Morgan fingerprint density at radius 1 is 0.833 bits per heavy atom. The quantitative estimate of drug-likeness (QED) is 0.287. The van der Waals surface area contributed by atoms with Gasteiger partial charge in [-0.15, -0.1) is 0 Å². The number of benzene rings is 3. The molecule has 0 aliphatic heterocycles. The van der Waals surface area contributed by atoms with Crippen molar-refractivity contribution in [3.8, 4) is 29.0 Å². The zero-order valence-electron chi connectivity index (χ0n) is 17.6. The zero-order chi connectivity index (χ0) is 20.8. The molecule has 0 spiro atoms. The van der Waals surface area contributed by atoms with Crippen LogP contribution in [0.3, 0.4) is 0 Å². The Bertz CT molecular complexity index is 1180. The minimum absolute atomic E-state index is 0.775. The van der Waals surface area contributed by atoms with Gasteiger partial charge in [-0.1, -0.05) is 55.9 Å². The molecule has 3 nitrogen and oxygen atoms in total. The van der Waals surface area contributed by atoms with Crippen LogP contribution >= 0.6 is 0 Å². The third-order valence-corrected chi connectivity index (χ3v) is 5.15. The maximum absolute atomic E-state index is 5.76. The van der Waals surface area contributed by atoms with E-state index in [4.69, 9.17) is 9.72 Å². The van der Waals surface area contributed by atoms with Gasteiger partial charge in [-0.05, 0) is 55.0 Å². The first-order valence-corrected chi connectivity index (χ1v) is 10.5. The highest BCUT2D eigenvalue weighted by Gasteiger charge is 2.08. The van der Waals surface area contributed by atoms with E-state index in [0.717, 1.165) is 52.3 Å². The van der Waals surface area contributed by atoms with Crippen molar-refractivity contribution in [2.75, 3.05) is 6.61 Å². The standard InChI is InChI=1S/C27H26N2O/c1-3-4-7-20-30-24-18-14-22(15-19-24)11-10-21-12-16-23(17-13-21)27-28-25-8-5-6-9-26(25)29(27)2/h5-6,8-9,12-19H,3-4,7,20H2,1-2H3. The van der Waals surface area contributed by atoms with Crippen LogP contribution in [0.1, 0.15) is 37.3 Å². The van der Waals surface area contributed by atoms with Gasteiger partial charge in [0.1, 0.15) is 11.6 Å². The smallest absolute Gasteiger partial charge is 0.140 e. The fourth-order valence-corrected chi connectivity index (χ4v) is 3.43. The Kier molecular flexibility index (Phi) is 6.15. The molecule has 4 rings (SSSR count). The second-order valence-electron chi connectivity index (χ2n) is 7.39. The van der Waals surface area contributed by atoms with Crippen molar-refractivity contribution < 1.29 is 4.74 Å². The summed E-state index contributed by atoms with van der Waals surface area (Å²) in [7, 11) is 2.05. The largest absolute Gasteiger partial charge is 0.494 e. The van der Waals surface area contributed by atoms with E-state index >= 15 is 0 Å². The van der Waals surface area contributed by atoms with Crippen LogP contribution in [0.4, 0.5) is 0 Å². The van der Waals surface area contributed by atoms with Crippen LogP contribution in [-0.4, -0.2) is 16.2 Å². The summed E-state index contributed by atoms with van der Waals surface area (Å²) in [6.07, 6.45) is 3.51. The molecule has 4 aromatic rings. The van der Waals surface area contributed by atoms with Crippen LogP contribution in [0.5, 0.6) is 5.75 Å². The molecular weight excluding hydrogens is 368 g/mol. The van der Waals surface area contributed by atoms with Gasteiger partial charge < -0.3 is 9.30 Å². The summed E-state index contributed by atoms with van der Waals surface area (Å²) >= 11 is 0. The summed E-state index contributed by atoms with van der Waals surface area (Å²) in [6, 6.07) is 24.5. The van der Waals surface area contributed by atoms with Gasteiger partial charge in [0.2, 0.25) is 0 Å². The number of nitrogens with zero attached hydrogens (tertiary/aromatic N) is 2. The minimum atomic E-state index is 0.775. The highest BCUT2D eigenvalue weighted by atomic mass is 16.5. The first-order valence-electron chi connectivity index (χ1n) is 10.5. The van der Waals surface area contributed by atoms with E-state index in [-0.39, 0.29) is 0 Å². The number of unbranched alkanes of at least 4 members (excludes halogenated alkanes) is 2. The van der Waals surface area contributed by atoms with E-state index < -0.39 is 0 Å². The third-order valence-electron chi connectivity index (χ3n) is 5.15. The van der Waals surface area contributed by atoms with Gasteiger partial charge in [0.25, 0.3) is 0 Å². The lowest BCUT2D eigenvalue weighted by molar-refractivity contribution is 0.306. The molecule has 1 aromatic heterocycles. The first kappa shape index (κ1) is 19.8. The molecule has 3 aromatic carbocycles. The molecule has 0 saturated heterocycles. The Morgan fingerprint density at radius 3 is 2.17 bits per heavy atom. The highest BCUT2D eigenvalue weighted by Crippen LogP contribution is 2.23. The summed E-state index contributed by atoms with van der Waals surface area (Å²) in [6.45, 7) is 2.97. The Balaban J connectivity index is 1.44. The predicted octanol–water partition coefficient (Wildman–Crippen LogP) is 6.21. The van der Waals surface area contributed by atoms with Gasteiger partial charge in [0, 0.05) is 23.7 Å². The minimum Gasteiger partial charge on any atom is -0.494 e. The molecule has 1 heterocycles. The van der Waals surface area contributed by atoms with Crippen LogP contribution in [0.25, 0.3) is 22.4 Å². The van der Waals surface area contributed by atoms with Gasteiger partial charge in [0.05, 0.1) is 17.6 Å². The van der Waals surface area contributed by atoms with Gasteiger partial charge in [0.15, 0.2) is 0 Å². The summed E-state index contributed by atoms with van der Waals surface area (Å²) in [4.78, 5) is 4.76. The summed E-state index contributed by atoms with van der Waals surface area (Å²) in [5.74, 6) is 8.34. The molecule has 0 amide bonds. The topological polar surface area (TPSA) is 27.1 Å². The van der Waals surface area contributed by atoms with E-state index in [0.29, 0.717) is 0 Å². The third kappa shape index (κ3) is 4.55. The fourth-order valence-electron chi connectivity index (χ4n) is 3.43. The van der Waals surface area contributed by atoms with Crippen molar-refractivity contribution in [3.05, 3.63) is 83.9 Å². The lowest BCUT2D eigenvalue weighted by atomic mass is 10.1. The molecule has 0 saturated carbocycles. The van der Waals surface area contributed by atoms with Crippen molar-refractivity contribution in [1.82, 2.24) is 9.55 Å². The van der Waals surface area contributed by atoms with E-state index in [1.807, 2.05) is 54.6 Å². The van der Waals surface area contributed by atoms with E-state index in [1.54, 1.807) is 0 Å². The molecule has 0 aliphatic rings. The number of fused-ring (bicyclic) bond motifs is 1. The Morgan fingerprint density at radius 2 is 1.50 bits per heavy atom. The van der Waals surface area contributed by atoms with Crippen LogP contribution in [0.15, 0.2) is 72.8 Å². The maximum Gasteiger partial charge on any atom is 0.140 e. The normalized spacial score (nSPS) is 10.6. The Labute approximate surface area is 178 Å². The van der Waals surface area contributed by atoms with E-state index in [9.17, 15) is 0 Å². The number of hydrogen-bond acceptors (Lipinski definition) is 2. The van der Waals surface area contributed by atoms with E-state index in [1.165, 1.54) is 12.8 Å². The molecule has 150 valence electrons. The molecule has 0 unspecified atom stereocenters. The molecule has 0 aliphatic carbocycles. The monoisotopic (exact) mass is 394 g/mol. The van der Waals surface area contributed by atoms with Gasteiger partial charge in [-0.3, -0.25) is 0 Å². The summed E-state index contributed by atoms with van der Waals surface area (Å²) in [5, 5.41) is 0. The number of ether oxygens (including phenoxy) is 1. The zero-order valence-corrected chi connectivity index (χ0v) is 17.6. The Hall–Kier alpha value is -3.51. The van der Waals surface area contributed by atoms with Gasteiger partial charge in [-0.25, -0.2) is 4.98 Å². The second-order valence-corrected chi connectivity index (χ2v) is 7.39. The van der Waals surface area contributed by atoms with Gasteiger partial charge in [-0.2, -0.15) is 0 Å². The fraction of sp³-hybridized carbons (Fsp3) is 0.222. The van der Waals surface area contributed by atoms with Crippen LogP contribution in [0.2, 0.25) is 0 Å². The molecule has 30 heavy (non-hydrogen) atoms. The van der Waals surface area contributed by atoms with Crippen molar-refractivity contribution in [2.45, 2.75) is 26.2 Å². The number of aromatic nitrogens is 2. The number of hydrogen-bond donors (Lipinski definition) is 0. The molecule has 0 bridgehead atoms. The summed E-state index contributed by atoms with van der Waals surface area (Å²) < 4.78 is 7.88. The van der Waals surface area contributed by atoms with Crippen molar-refractivity contribution in [3.63, 3.8) is 0 Å². The average Bonchev–Trinajstić information content (AvgIpc) is 3.13. The predicted molar refractivity (Wildman–Crippen MR) is 124 cm³/mol. The maximum atomic E-state index is 5.76. The van der Waals surface area contributed by atoms with E-state index in [2.05, 4.69) is 48.6 Å². The van der Waals surface area contributed by atoms with Crippen molar-refractivity contribution in [2.24, 2.45) is 7.05 Å². The molecule has 0 atom stereocenters. The highest BCUT2D eigenvalue weighted by molar-refractivity contribution is 5.80. The number of aryl methyl sites for hydroxylation is 1. The number of imidazole rings is 1. The van der Waals surface area contributed by atoms with Crippen LogP contribution in [-0.2, 0) is 7.05 Å². The second kappa shape index (κ2) is 9.33. The molecule has 0 radical (unpaired) electrons. The van der Waals surface area contributed by atoms with Gasteiger partial charge >= 0.3 is 0 Å². The number of para-hydroxylation sites is 2. The van der Waals surface area contributed by atoms with Crippen molar-refractivity contribution in [1.29, 1.82) is 0 Å². The SMILES string of the molecule is CCCCCOc1ccc(C#Cc2ccc(-c3nc4ccccc4n3C)cc2)cc1. The first-order chi connectivity index (χ1) is 14.7. The average molecular weight is 395 g/mol. The molecular formula is C27H26N2O. The molecule has 0 fully saturated rings. The number of rotatable bonds is 6. The molecule has 0 N–H and O–H groups in total. The van der Waals surface area contributed by atoms with Crippen molar-refractivity contribution >= 4 is 11.0 Å². The van der Waals surface area contributed by atoms with Crippen LogP contribution < -0.4 is 4.74 Å². The van der Waals surface area contributed by atoms with Crippen LogP contribution in [0, 0.1) is 11.8 Å². The lowest BCUT2D eigenvalue weighted by Gasteiger charge is -2.05. The summed E-state index contributed by atoms with van der Waals surface area (Å²) in [5.41, 5.74) is 5.20. The lowest BCUT2D eigenvalue weighted by Crippen LogP contribution is -1.96.